The zero-order valence-corrected chi connectivity index (χ0v) is 6.42. The molecule has 0 aliphatic carbocycles. The minimum atomic E-state index is 0.822. The van der Waals surface area contributed by atoms with Crippen molar-refractivity contribution in [2.24, 2.45) is 7.05 Å². The van der Waals surface area contributed by atoms with Crippen molar-refractivity contribution >= 4 is 12.9 Å². The fourth-order valence-electron chi connectivity index (χ4n) is 0.977. The highest BCUT2D eigenvalue weighted by Crippen LogP contribution is 1.94. The van der Waals surface area contributed by atoms with Gasteiger partial charge < -0.3 is 5.02 Å². The first-order valence-corrected chi connectivity index (χ1v) is 3.14. The number of hydrogen-bond acceptors (Lipinski definition) is 2. The van der Waals surface area contributed by atoms with Gasteiger partial charge in [-0.05, 0) is 19.3 Å². The zero-order valence-electron chi connectivity index (χ0n) is 6.42. The minimum absolute atomic E-state index is 0.822. The summed E-state index contributed by atoms with van der Waals surface area (Å²) in [6.07, 6.45) is 0. The monoisotopic (exact) mass is 137 g/mol. The number of hydrogen-bond donors (Lipinski definition) is 1. The van der Waals surface area contributed by atoms with Crippen LogP contribution in [0.5, 0.6) is 0 Å². The molecule has 0 aliphatic heterocycles. The lowest BCUT2D eigenvalue weighted by atomic mass is 9.87. The van der Waals surface area contributed by atoms with Crippen molar-refractivity contribution in [2.75, 3.05) is 0 Å². The molecular weight excluding hydrogens is 127 g/mol. The van der Waals surface area contributed by atoms with Crippen molar-refractivity contribution < 1.29 is 5.02 Å². The van der Waals surface area contributed by atoms with E-state index in [0.717, 1.165) is 24.3 Å². The average molecular weight is 137 g/mol. The van der Waals surface area contributed by atoms with Crippen LogP contribution in [0, 0.1) is 13.8 Å². The second-order valence-corrected chi connectivity index (χ2v) is 2.34. The van der Waals surface area contributed by atoms with E-state index >= 15 is 0 Å². The SMILES string of the molecule is Cc1nn(C)c(C)c1[B]O. The normalized spacial score (nSPS) is 10.0. The summed E-state index contributed by atoms with van der Waals surface area (Å²) < 4.78 is 1.75. The molecule has 1 heterocycles. The second-order valence-electron chi connectivity index (χ2n) is 2.34. The molecule has 0 fully saturated rings. The molecule has 0 unspecified atom stereocenters. The maximum atomic E-state index is 8.73. The van der Waals surface area contributed by atoms with Gasteiger partial charge in [0.25, 0.3) is 0 Å². The molecule has 0 spiro atoms. The Hall–Kier alpha value is -0.765. The van der Waals surface area contributed by atoms with E-state index in [2.05, 4.69) is 5.10 Å². The molecule has 1 aromatic rings. The van der Waals surface area contributed by atoms with E-state index in [1.165, 1.54) is 0 Å². The molecule has 1 aromatic heterocycles. The van der Waals surface area contributed by atoms with Crippen LogP contribution < -0.4 is 5.46 Å². The molecule has 0 saturated heterocycles. The van der Waals surface area contributed by atoms with Crippen LogP contribution in [0.1, 0.15) is 11.4 Å². The fraction of sp³-hybridized carbons (Fsp3) is 0.500. The molecule has 1 rings (SSSR count). The maximum absolute atomic E-state index is 8.73. The molecule has 0 atom stereocenters. The Bertz CT molecular complexity index is 244. The van der Waals surface area contributed by atoms with Crippen molar-refractivity contribution in [3.05, 3.63) is 11.4 Å². The van der Waals surface area contributed by atoms with E-state index in [0.29, 0.717) is 0 Å². The van der Waals surface area contributed by atoms with Gasteiger partial charge in [-0.3, -0.25) is 4.68 Å². The van der Waals surface area contributed by atoms with E-state index in [-0.39, 0.29) is 0 Å². The van der Waals surface area contributed by atoms with Gasteiger partial charge in [0.05, 0.1) is 5.69 Å². The van der Waals surface area contributed by atoms with Crippen molar-refractivity contribution in [3.63, 3.8) is 0 Å². The first-order chi connectivity index (χ1) is 4.66. The quantitative estimate of drug-likeness (QED) is 0.518. The third-order valence-electron chi connectivity index (χ3n) is 1.69. The third-order valence-corrected chi connectivity index (χ3v) is 1.69. The van der Waals surface area contributed by atoms with Gasteiger partial charge in [-0.2, -0.15) is 5.10 Å². The molecular formula is C6H10BN2O. The largest absolute Gasteiger partial charge is 0.450 e. The Kier molecular flexibility index (Phi) is 1.81. The molecule has 0 saturated carbocycles. The lowest BCUT2D eigenvalue weighted by Crippen LogP contribution is -2.18. The topological polar surface area (TPSA) is 38.0 Å². The van der Waals surface area contributed by atoms with E-state index in [1.807, 2.05) is 20.9 Å². The smallest absolute Gasteiger partial charge is 0.330 e. The van der Waals surface area contributed by atoms with Crippen molar-refractivity contribution in [2.45, 2.75) is 13.8 Å². The van der Waals surface area contributed by atoms with Crippen molar-refractivity contribution in [3.8, 4) is 0 Å². The summed E-state index contributed by atoms with van der Waals surface area (Å²) in [4.78, 5) is 0. The fourth-order valence-corrected chi connectivity index (χ4v) is 0.977. The Morgan fingerprint density at radius 2 is 2.10 bits per heavy atom. The number of rotatable bonds is 1. The first kappa shape index (κ1) is 7.34. The molecule has 1 radical (unpaired) electrons. The highest BCUT2D eigenvalue weighted by Gasteiger charge is 2.07. The molecule has 0 aromatic carbocycles. The summed E-state index contributed by atoms with van der Waals surface area (Å²) in [6.45, 7) is 3.79. The summed E-state index contributed by atoms with van der Waals surface area (Å²) in [5.74, 6) is 0. The highest BCUT2D eigenvalue weighted by atomic mass is 16.2. The number of nitrogens with zero attached hydrogens (tertiary/aromatic N) is 2. The highest BCUT2D eigenvalue weighted by molar-refractivity contribution is 6.46. The average Bonchev–Trinajstić information content (AvgIpc) is 2.09. The molecule has 3 nitrogen and oxygen atoms in total. The van der Waals surface area contributed by atoms with Gasteiger partial charge in [-0.1, -0.05) is 0 Å². The van der Waals surface area contributed by atoms with Crippen LogP contribution in [-0.2, 0) is 7.05 Å². The van der Waals surface area contributed by atoms with Gasteiger partial charge in [-0.25, -0.2) is 0 Å². The van der Waals surface area contributed by atoms with Crippen LogP contribution >= 0.6 is 0 Å². The van der Waals surface area contributed by atoms with Crippen LogP contribution in [0.3, 0.4) is 0 Å². The summed E-state index contributed by atoms with van der Waals surface area (Å²) in [5.41, 5.74) is 2.67. The molecule has 1 N–H and O–H groups in total. The van der Waals surface area contributed by atoms with Gasteiger partial charge in [0.15, 0.2) is 0 Å². The lowest BCUT2D eigenvalue weighted by Gasteiger charge is -1.92. The van der Waals surface area contributed by atoms with Gasteiger partial charge in [0.1, 0.15) is 0 Å². The van der Waals surface area contributed by atoms with Crippen LogP contribution in [0.4, 0.5) is 0 Å². The predicted octanol–water partition coefficient (Wildman–Crippen LogP) is -0.726. The Morgan fingerprint density at radius 1 is 1.50 bits per heavy atom. The van der Waals surface area contributed by atoms with Crippen LogP contribution in [0.25, 0.3) is 0 Å². The van der Waals surface area contributed by atoms with E-state index in [4.69, 9.17) is 5.02 Å². The maximum Gasteiger partial charge on any atom is 0.330 e. The second kappa shape index (κ2) is 2.46. The van der Waals surface area contributed by atoms with E-state index in [9.17, 15) is 0 Å². The molecule has 10 heavy (non-hydrogen) atoms. The van der Waals surface area contributed by atoms with Gasteiger partial charge in [0.2, 0.25) is 0 Å². The zero-order chi connectivity index (χ0) is 7.72. The Labute approximate surface area is 60.9 Å². The standard InChI is InChI=1S/C6H10BN2O/c1-4-6(7-10)5(2)9(3)8-4/h10H,1-3H3. The summed E-state index contributed by atoms with van der Waals surface area (Å²) in [6, 6.07) is 0. The lowest BCUT2D eigenvalue weighted by molar-refractivity contribution is 0.615. The Balaban J connectivity index is 3.20. The van der Waals surface area contributed by atoms with Gasteiger partial charge in [0, 0.05) is 12.7 Å². The molecule has 0 aliphatic rings. The Morgan fingerprint density at radius 3 is 2.30 bits per heavy atom. The molecule has 4 heteroatoms. The van der Waals surface area contributed by atoms with E-state index in [1.54, 1.807) is 4.68 Å². The van der Waals surface area contributed by atoms with Crippen LogP contribution in [-0.4, -0.2) is 22.3 Å². The number of aromatic nitrogens is 2. The number of aryl methyl sites for hydroxylation is 2. The minimum Gasteiger partial charge on any atom is -0.450 e. The molecule has 0 amide bonds. The summed E-state index contributed by atoms with van der Waals surface area (Å²) >= 11 is 0. The molecule has 53 valence electrons. The summed E-state index contributed by atoms with van der Waals surface area (Å²) in [7, 11) is 2.95. The van der Waals surface area contributed by atoms with Crippen molar-refractivity contribution in [1.29, 1.82) is 0 Å². The first-order valence-electron chi connectivity index (χ1n) is 3.14. The van der Waals surface area contributed by atoms with Gasteiger partial charge in [-0.15, -0.1) is 0 Å². The third kappa shape index (κ3) is 0.947. The van der Waals surface area contributed by atoms with Crippen LogP contribution in [0.2, 0.25) is 0 Å². The van der Waals surface area contributed by atoms with Crippen LogP contribution in [0.15, 0.2) is 0 Å². The van der Waals surface area contributed by atoms with E-state index < -0.39 is 0 Å². The predicted molar refractivity (Wildman–Crippen MR) is 40.3 cm³/mol. The summed E-state index contributed by atoms with van der Waals surface area (Å²) in [5, 5.41) is 12.8. The van der Waals surface area contributed by atoms with Crippen molar-refractivity contribution in [1.82, 2.24) is 9.78 Å². The van der Waals surface area contributed by atoms with Gasteiger partial charge >= 0.3 is 7.48 Å². The molecule has 0 bridgehead atoms.